The maximum atomic E-state index is 13.0. The molecule has 0 heterocycles. The molecule has 1 amide bonds. The molecular formula is C24H30F3NO5S. The zero-order valence-electron chi connectivity index (χ0n) is 19.8. The number of nitrogens with zero attached hydrogens (tertiary/aromatic N) is 1. The zero-order valence-corrected chi connectivity index (χ0v) is 20.7. The number of hydrogen-bond acceptors (Lipinski definition) is 5. The molecule has 0 aromatic heterocycles. The summed E-state index contributed by atoms with van der Waals surface area (Å²) in [5.41, 5.74) is -0.516. The highest BCUT2D eigenvalue weighted by molar-refractivity contribution is 7.87. The number of halogens is 3. The van der Waals surface area contributed by atoms with Crippen molar-refractivity contribution < 1.29 is 35.3 Å². The highest BCUT2D eigenvalue weighted by atomic mass is 32.2. The normalized spacial score (nSPS) is 13.0. The first-order valence-electron chi connectivity index (χ1n) is 10.9. The lowest BCUT2D eigenvalue weighted by atomic mass is 10.1. The third kappa shape index (κ3) is 7.12. The minimum Gasteiger partial charge on any atom is -0.493 e. The molecule has 0 bridgehead atoms. The van der Waals surface area contributed by atoms with Gasteiger partial charge in [-0.3, -0.25) is 4.79 Å². The summed E-state index contributed by atoms with van der Waals surface area (Å²) in [6, 6.07) is 7.86. The average molecular weight is 502 g/mol. The minimum absolute atomic E-state index is 0.0285. The predicted molar refractivity (Wildman–Crippen MR) is 122 cm³/mol. The largest absolute Gasteiger partial charge is 0.493 e. The molecule has 0 saturated heterocycles. The second kappa shape index (κ2) is 11.1. The lowest BCUT2D eigenvalue weighted by Gasteiger charge is -2.29. The Bertz CT molecular complexity index is 1100. The molecule has 0 radical (unpaired) electrons. The van der Waals surface area contributed by atoms with Gasteiger partial charge in [0.25, 0.3) is 0 Å². The SMILES string of the molecule is CCC(C)N(Cc1ccc(OC)c(OS(=O)(=O)c2cccc(C(F)(F)F)c2)c1)C(=O)CC(C)C. The van der Waals surface area contributed by atoms with Crippen molar-refractivity contribution in [1.29, 1.82) is 0 Å². The number of methoxy groups -OCH3 is 1. The summed E-state index contributed by atoms with van der Waals surface area (Å²) in [7, 11) is -3.27. The topological polar surface area (TPSA) is 72.9 Å². The number of ether oxygens (including phenoxy) is 1. The van der Waals surface area contributed by atoms with Crippen LogP contribution in [0.25, 0.3) is 0 Å². The molecule has 0 saturated carbocycles. The van der Waals surface area contributed by atoms with Crippen molar-refractivity contribution in [2.45, 2.75) is 64.2 Å². The Hall–Kier alpha value is -2.75. The molecule has 188 valence electrons. The molecule has 1 unspecified atom stereocenters. The number of rotatable bonds is 10. The van der Waals surface area contributed by atoms with E-state index in [1.54, 1.807) is 11.0 Å². The van der Waals surface area contributed by atoms with E-state index in [9.17, 15) is 26.4 Å². The summed E-state index contributed by atoms with van der Waals surface area (Å²) in [6.45, 7) is 8.00. The second-order valence-electron chi connectivity index (χ2n) is 8.43. The van der Waals surface area contributed by atoms with Crippen LogP contribution >= 0.6 is 0 Å². The number of alkyl halides is 3. The van der Waals surface area contributed by atoms with Crippen LogP contribution in [0.3, 0.4) is 0 Å². The van der Waals surface area contributed by atoms with Crippen molar-refractivity contribution in [3.63, 3.8) is 0 Å². The molecule has 0 spiro atoms. The summed E-state index contributed by atoms with van der Waals surface area (Å²) >= 11 is 0. The van der Waals surface area contributed by atoms with Crippen LogP contribution in [-0.2, 0) is 27.6 Å². The number of carbonyl (C=O) groups excluding carboxylic acids is 1. The van der Waals surface area contributed by atoms with Crippen molar-refractivity contribution in [2.24, 2.45) is 5.92 Å². The van der Waals surface area contributed by atoms with Gasteiger partial charge in [-0.25, -0.2) is 0 Å². The van der Waals surface area contributed by atoms with E-state index in [4.69, 9.17) is 8.92 Å². The van der Waals surface area contributed by atoms with Gasteiger partial charge in [0.2, 0.25) is 5.91 Å². The number of hydrogen-bond donors (Lipinski definition) is 0. The van der Waals surface area contributed by atoms with E-state index in [0.717, 1.165) is 24.6 Å². The van der Waals surface area contributed by atoms with Crippen molar-refractivity contribution in [3.8, 4) is 11.5 Å². The monoisotopic (exact) mass is 501 g/mol. The zero-order chi connectivity index (χ0) is 25.7. The summed E-state index contributed by atoms with van der Waals surface area (Å²) in [5.74, 6) is 0.0476. The third-order valence-corrected chi connectivity index (χ3v) is 6.49. The molecule has 1 atom stereocenters. The molecule has 0 aliphatic rings. The Balaban J connectivity index is 2.39. The lowest BCUT2D eigenvalue weighted by Crippen LogP contribution is -2.38. The molecule has 2 aromatic rings. The molecule has 0 N–H and O–H groups in total. The summed E-state index contributed by atoms with van der Waals surface area (Å²) < 4.78 is 75.0. The van der Waals surface area contributed by atoms with E-state index in [0.29, 0.717) is 18.1 Å². The Morgan fingerprint density at radius 1 is 1.06 bits per heavy atom. The van der Waals surface area contributed by atoms with Crippen LogP contribution in [0.5, 0.6) is 11.5 Å². The number of benzene rings is 2. The van der Waals surface area contributed by atoms with Crippen LogP contribution in [0.4, 0.5) is 13.2 Å². The smallest absolute Gasteiger partial charge is 0.416 e. The fourth-order valence-corrected chi connectivity index (χ4v) is 4.23. The van der Waals surface area contributed by atoms with Crippen LogP contribution in [0, 0.1) is 5.92 Å². The molecule has 34 heavy (non-hydrogen) atoms. The first-order valence-corrected chi connectivity index (χ1v) is 12.3. The third-order valence-electron chi connectivity index (χ3n) is 5.26. The highest BCUT2D eigenvalue weighted by Crippen LogP contribution is 2.34. The van der Waals surface area contributed by atoms with Crippen LogP contribution in [0.2, 0.25) is 0 Å². The molecule has 0 aliphatic heterocycles. The van der Waals surface area contributed by atoms with Gasteiger partial charge in [-0.1, -0.05) is 32.9 Å². The fraction of sp³-hybridized carbons (Fsp3) is 0.458. The van der Waals surface area contributed by atoms with Crippen LogP contribution in [0.15, 0.2) is 47.4 Å². The van der Waals surface area contributed by atoms with Gasteiger partial charge >= 0.3 is 16.3 Å². The van der Waals surface area contributed by atoms with Gasteiger partial charge in [-0.05, 0) is 55.2 Å². The molecule has 0 aliphatic carbocycles. The van der Waals surface area contributed by atoms with E-state index in [1.807, 2.05) is 27.7 Å². The van der Waals surface area contributed by atoms with E-state index in [-0.39, 0.29) is 35.9 Å². The van der Waals surface area contributed by atoms with Crippen LogP contribution < -0.4 is 8.92 Å². The van der Waals surface area contributed by atoms with Crippen LogP contribution in [0.1, 0.15) is 51.7 Å². The predicted octanol–water partition coefficient (Wildman–Crippen LogP) is 5.65. The maximum absolute atomic E-state index is 13.0. The van der Waals surface area contributed by atoms with Gasteiger partial charge in [0.1, 0.15) is 4.90 Å². The van der Waals surface area contributed by atoms with E-state index < -0.39 is 26.8 Å². The molecular weight excluding hydrogens is 471 g/mol. The molecule has 2 rings (SSSR count). The van der Waals surface area contributed by atoms with Gasteiger partial charge in [-0.2, -0.15) is 21.6 Å². The van der Waals surface area contributed by atoms with Crippen molar-refractivity contribution in [1.82, 2.24) is 4.90 Å². The van der Waals surface area contributed by atoms with Gasteiger partial charge in [0.05, 0.1) is 12.7 Å². The number of amides is 1. The molecule has 2 aromatic carbocycles. The second-order valence-corrected chi connectivity index (χ2v) is 9.97. The lowest BCUT2D eigenvalue weighted by molar-refractivity contribution is -0.138. The van der Waals surface area contributed by atoms with E-state index >= 15 is 0 Å². The van der Waals surface area contributed by atoms with E-state index in [1.165, 1.54) is 19.2 Å². The van der Waals surface area contributed by atoms with Crippen molar-refractivity contribution in [3.05, 3.63) is 53.6 Å². The van der Waals surface area contributed by atoms with Gasteiger partial charge < -0.3 is 13.8 Å². The Labute approximate surface area is 198 Å². The standard InChI is InChI=1S/C24H30F3NO5S/c1-6-17(4)28(23(29)12-16(2)3)15-18-10-11-21(32-5)22(13-18)33-34(30,31)20-9-7-8-19(14-20)24(25,26)27/h7-11,13-14,16-17H,6,12,15H2,1-5H3. The first-order chi connectivity index (χ1) is 15.8. The maximum Gasteiger partial charge on any atom is 0.416 e. The minimum atomic E-state index is -4.70. The summed E-state index contributed by atoms with van der Waals surface area (Å²) in [5, 5.41) is 0. The fourth-order valence-electron chi connectivity index (χ4n) is 3.25. The van der Waals surface area contributed by atoms with Gasteiger partial charge in [0.15, 0.2) is 11.5 Å². The Morgan fingerprint density at radius 2 is 1.74 bits per heavy atom. The average Bonchev–Trinajstić information content (AvgIpc) is 2.76. The first kappa shape index (κ1) is 27.5. The Kier molecular flexibility index (Phi) is 8.99. The summed E-state index contributed by atoms with van der Waals surface area (Å²) in [6.07, 6.45) is -3.61. The van der Waals surface area contributed by atoms with E-state index in [2.05, 4.69) is 0 Å². The highest BCUT2D eigenvalue weighted by Gasteiger charge is 2.32. The van der Waals surface area contributed by atoms with Crippen molar-refractivity contribution >= 4 is 16.0 Å². The number of carbonyl (C=O) groups is 1. The molecule has 10 heteroatoms. The quantitative estimate of drug-likeness (QED) is 0.393. The summed E-state index contributed by atoms with van der Waals surface area (Å²) in [4.78, 5) is 13.9. The van der Waals surface area contributed by atoms with Crippen LogP contribution in [-0.4, -0.2) is 32.4 Å². The Morgan fingerprint density at radius 3 is 2.29 bits per heavy atom. The van der Waals surface area contributed by atoms with Crippen molar-refractivity contribution in [2.75, 3.05) is 7.11 Å². The molecule has 0 fully saturated rings. The van der Waals surface area contributed by atoms with Gasteiger partial charge in [-0.15, -0.1) is 0 Å². The van der Waals surface area contributed by atoms with Gasteiger partial charge in [0, 0.05) is 19.0 Å². The molecule has 6 nitrogen and oxygen atoms in total.